The molecular formula is C16H22N2O3S. The number of amides is 1. The van der Waals surface area contributed by atoms with E-state index in [-0.39, 0.29) is 29.4 Å². The van der Waals surface area contributed by atoms with Gasteiger partial charge in [-0.1, -0.05) is 18.2 Å². The molecule has 0 radical (unpaired) electrons. The molecule has 2 aliphatic rings. The Morgan fingerprint density at radius 3 is 2.68 bits per heavy atom. The number of fused-ring (bicyclic) bond motifs is 1. The van der Waals surface area contributed by atoms with Gasteiger partial charge >= 0.3 is 0 Å². The third kappa shape index (κ3) is 2.84. The predicted octanol–water partition coefficient (Wildman–Crippen LogP) is 1.29. The summed E-state index contributed by atoms with van der Waals surface area (Å²) in [6.07, 6.45) is 0.460. The molecule has 1 amide bonds. The third-order valence-electron chi connectivity index (χ3n) is 4.68. The number of carbonyl (C=O) groups excluding carboxylic acids is 1. The van der Waals surface area contributed by atoms with Gasteiger partial charge in [0.05, 0.1) is 17.4 Å². The van der Waals surface area contributed by atoms with Gasteiger partial charge in [-0.25, -0.2) is 8.42 Å². The minimum atomic E-state index is -3.03. The minimum Gasteiger partial charge on any atom is -0.372 e. The van der Waals surface area contributed by atoms with Gasteiger partial charge in [-0.05, 0) is 25.0 Å². The van der Waals surface area contributed by atoms with Gasteiger partial charge in [0.15, 0.2) is 9.84 Å². The number of benzene rings is 1. The SMILES string of the molecule is C[C@H]1CN(C)c2ccccc2CN1C(=O)[C@H]1CCS(=O)(=O)C1. The lowest BCUT2D eigenvalue weighted by Crippen LogP contribution is -2.44. The molecule has 6 heteroatoms. The number of rotatable bonds is 1. The van der Waals surface area contributed by atoms with Crippen molar-refractivity contribution in [3.63, 3.8) is 0 Å². The zero-order valence-electron chi connectivity index (χ0n) is 13.0. The Bertz CT molecular complexity index is 686. The molecule has 0 unspecified atom stereocenters. The first kappa shape index (κ1) is 15.3. The molecule has 0 saturated carbocycles. The van der Waals surface area contributed by atoms with Crippen molar-refractivity contribution in [3.8, 4) is 0 Å². The van der Waals surface area contributed by atoms with Gasteiger partial charge in [-0.3, -0.25) is 4.79 Å². The van der Waals surface area contributed by atoms with Crippen molar-refractivity contribution in [2.75, 3.05) is 30.0 Å². The van der Waals surface area contributed by atoms with Gasteiger partial charge in [0.25, 0.3) is 0 Å². The van der Waals surface area contributed by atoms with E-state index < -0.39 is 9.84 Å². The molecule has 2 atom stereocenters. The molecule has 5 nitrogen and oxygen atoms in total. The molecule has 1 aromatic rings. The van der Waals surface area contributed by atoms with Crippen molar-refractivity contribution < 1.29 is 13.2 Å². The highest BCUT2D eigenvalue weighted by Gasteiger charge is 2.37. The van der Waals surface area contributed by atoms with E-state index >= 15 is 0 Å². The van der Waals surface area contributed by atoms with Crippen molar-refractivity contribution in [3.05, 3.63) is 29.8 Å². The number of nitrogens with zero attached hydrogens (tertiary/aromatic N) is 2. The fourth-order valence-corrected chi connectivity index (χ4v) is 5.20. The van der Waals surface area contributed by atoms with Gasteiger partial charge in [0.2, 0.25) is 5.91 Å². The van der Waals surface area contributed by atoms with Crippen LogP contribution in [0.5, 0.6) is 0 Å². The summed E-state index contributed by atoms with van der Waals surface area (Å²) in [7, 11) is -1.00. The number of hydrogen-bond acceptors (Lipinski definition) is 4. The summed E-state index contributed by atoms with van der Waals surface area (Å²) in [6, 6.07) is 8.14. The zero-order chi connectivity index (χ0) is 15.9. The van der Waals surface area contributed by atoms with Crippen LogP contribution in [-0.2, 0) is 21.2 Å². The average molecular weight is 322 g/mol. The van der Waals surface area contributed by atoms with Crippen LogP contribution < -0.4 is 4.90 Å². The molecule has 2 aliphatic heterocycles. The van der Waals surface area contributed by atoms with Crippen LogP contribution in [0.15, 0.2) is 24.3 Å². The molecule has 3 rings (SSSR count). The highest BCUT2D eigenvalue weighted by atomic mass is 32.2. The van der Waals surface area contributed by atoms with E-state index in [9.17, 15) is 13.2 Å². The van der Waals surface area contributed by atoms with E-state index in [1.165, 1.54) is 0 Å². The Morgan fingerprint density at radius 2 is 2.00 bits per heavy atom. The lowest BCUT2D eigenvalue weighted by molar-refractivity contribution is -0.137. The Labute approximate surface area is 131 Å². The summed E-state index contributed by atoms with van der Waals surface area (Å²) in [5.74, 6) is -0.240. The van der Waals surface area contributed by atoms with Gasteiger partial charge in [0, 0.05) is 31.9 Å². The Hall–Kier alpha value is -1.56. The predicted molar refractivity (Wildman–Crippen MR) is 86.5 cm³/mol. The standard InChI is InChI=1S/C16H22N2O3S/c1-12-9-17(2)15-6-4-3-5-13(15)10-18(12)16(19)14-7-8-22(20,21)11-14/h3-6,12,14H,7-11H2,1-2H3/t12-,14-/m0/s1. The third-order valence-corrected chi connectivity index (χ3v) is 6.45. The van der Waals surface area contributed by atoms with Crippen LogP contribution in [0, 0.1) is 5.92 Å². The highest BCUT2D eigenvalue weighted by molar-refractivity contribution is 7.91. The van der Waals surface area contributed by atoms with Crippen LogP contribution >= 0.6 is 0 Å². The van der Waals surface area contributed by atoms with E-state index in [4.69, 9.17) is 0 Å². The maximum absolute atomic E-state index is 12.8. The van der Waals surface area contributed by atoms with E-state index in [1.807, 2.05) is 37.1 Å². The van der Waals surface area contributed by atoms with Crippen molar-refractivity contribution in [1.29, 1.82) is 0 Å². The second-order valence-electron chi connectivity index (χ2n) is 6.42. The van der Waals surface area contributed by atoms with Crippen LogP contribution in [0.3, 0.4) is 0 Å². The number of likely N-dealkylation sites (N-methyl/N-ethyl adjacent to an activating group) is 1. The Balaban J connectivity index is 1.86. The van der Waals surface area contributed by atoms with Crippen molar-refractivity contribution in [2.24, 2.45) is 5.92 Å². The van der Waals surface area contributed by atoms with E-state index in [1.54, 1.807) is 0 Å². The van der Waals surface area contributed by atoms with Crippen molar-refractivity contribution >= 4 is 21.4 Å². The topological polar surface area (TPSA) is 57.7 Å². The summed E-state index contributed by atoms with van der Waals surface area (Å²) in [5.41, 5.74) is 2.26. The molecule has 22 heavy (non-hydrogen) atoms. The van der Waals surface area contributed by atoms with Crippen LogP contribution in [0.1, 0.15) is 18.9 Å². The number of para-hydroxylation sites is 1. The lowest BCUT2D eigenvalue weighted by Gasteiger charge is -2.30. The van der Waals surface area contributed by atoms with Gasteiger partial charge < -0.3 is 9.80 Å². The molecule has 0 aromatic heterocycles. The van der Waals surface area contributed by atoms with Crippen molar-refractivity contribution in [1.82, 2.24) is 4.90 Å². The monoisotopic (exact) mass is 322 g/mol. The maximum atomic E-state index is 12.8. The smallest absolute Gasteiger partial charge is 0.227 e. The van der Waals surface area contributed by atoms with Gasteiger partial charge in [0.1, 0.15) is 0 Å². The van der Waals surface area contributed by atoms with Crippen LogP contribution in [0.25, 0.3) is 0 Å². The summed E-state index contributed by atoms with van der Waals surface area (Å²) in [4.78, 5) is 16.8. The summed E-state index contributed by atoms with van der Waals surface area (Å²) < 4.78 is 23.3. The Kier molecular flexibility index (Phi) is 3.89. The molecule has 0 spiro atoms. The molecule has 1 fully saturated rings. The normalized spacial score (nSPS) is 27.4. The quantitative estimate of drug-likeness (QED) is 0.782. The first-order valence-electron chi connectivity index (χ1n) is 7.67. The molecule has 1 aromatic carbocycles. The van der Waals surface area contributed by atoms with E-state index in [0.717, 1.165) is 17.8 Å². The maximum Gasteiger partial charge on any atom is 0.227 e. The number of carbonyl (C=O) groups is 1. The minimum absolute atomic E-state index is 0.00649. The second-order valence-corrected chi connectivity index (χ2v) is 8.65. The van der Waals surface area contributed by atoms with Gasteiger partial charge in [-0.2, -0.15) is 0 Å². The van der Waals surface area contributed by atoms with Crippen LogP contribution in [0.4, 0.5) is 5.69 Å². The molecule has 1 saturated heterocycles. The largest absolute Gasteiger partial charge is 0.372 e. The molecule has 0 aliphatic carbocycles. The molecular weight excluding hydrogens is 300 g/mol. The second kappa shape index (κ2) is 5.57. The molecule has 0 bridgehead atoms. The van der Waals surface area contributed by atoms with E-state index in [2.05, 4.69) is 11.0 Å². The average Bonchev–Trinajstić information content (AvgIpc) is 2.78. The number of hydrogen-bond donors (Lipinski definition) is 0. The summed E-state index contributed by atoms with van der Waals surface area (Å²) in [5, 5.41) is 0. The molecule has 120 valence electrons. The lowest BCUT2D eigenvalue weighted by atomic mass is 10.1. The number of sulfone groups is 1. The fourth-order valence-electron chi connectivity index (χ4n) is 3.47. The van der Waals surface area contributed by atoms with Gasteiger partial charge in [-0.15, -0.1) is 0 Å². The first-order chi connectivity index (χ1) is 10.4. The zero-order valence-corrected chi connectivity index (χ0v) is 13.8. The van der Waals surface area contributed by atoms with Crippen molar-refractivity contribution in [2.45, 2.75) is 25.9 Å². The Morgan fingerprint density at radius 1 is 1.27 bits per heavy atom. The van der Waals surface area contributed by atoms with Crippen LogP contribution in [0.2, 0.25) is 0 Å². The summed E-state index contributed by atoms with van der Waals surface area (Å²) >= 11 is 0. The highest BCUT2D eigenvalue weighted by Crippen LogP contribution is 2.29. The molecule has 0 N–H and O–H groups in total. The molecule has 2 heterocycles. The summed E-state index contributed by atoms with van der Waals surface area (Å²) in [6.45, 7) is 3.34. The fraction of sp³-hybridized carbons (Fsp3) is 0.562. The first-order valence-corrected chi connectivity index (χ1v) is 9.49. The number of anilines is 1. The van der Waals surface area contributed by atoms with E-state index in [0.29, 0.717) is 13.0 Å². The van der Waals surface area contributed by atoms with Crippen LogP contribution in [-0.4, -0.2) is 50.4 Å².